The van der Waals surface area contributed by atoms with Crippen molar-refractivity contribution in [2.45, 2.75) is 113 Å². The van der Waals surface area contributed by atoms with E-state index in [0.717, 1.165) is 10.9 Å². The molecule has 384 valence electrons. The second-order valence-electron chi connectivity index (χ2n) is 15.8. The first-order chi connectivity index (χ1) is 32.9. The van der Waals surface area contributed by atoms with Gasteiger partial charge >= 0.3 is 17.9 Å². The first kappa shape index (κ1) is 57.8. The molecule has 0 fully saturated rings. The van der Waals surface area contributed by atoms with E-state index in [1.54, 1.807) is 12.3 Å². The van der Waals surface area contributed by atoms with E-state index in [2.05, 4.69) is 47.2 Å². The highest BCUT2D eigenvalue weighted by Crippen LogP contribution is 2.19. The number of amides is 9. The van der Waals surface area contributed by atoms with E-state index in [1.807, 2.05) is 18.2 Å². The number of carboxylic acid groups (broad SMARTS) is 3. The van der Waals surface area contributed by atoms with Crippen molar-refractivity contribution in [3.8, 4) is 0 Å². The highest BCUT2D eigenvalue weighted by Gasteiger charge is 2.33. The summed E-state index contributed by atoms with van der Waals surface area (Å²) in [4.78, 5) is 158. The predicted octanol–water partition coefficient (Wildman–Crippen LogP) is -5.91. The minimum absolute atomic E-state index is 0.00265. The molecule has 7 atom stereocenters. The molecule has 2 rings (SSSR count). The Bertz CT molecular complexity index is 2280. The van der Waals surface area contributed by atoms with Crippen LogP contribution in [0, 0.1) is 0 Å². The highest BCUT2D eigenvalue weighted by molar-refractivity contribution is 5.98. The smallest absolute Gasteiger partial charge is 0.326 e. The molecule has 21 N–H and O–H groups in total. The molecule has 0 aliphatic heterocycles. The van der Waals surface area contributed by atoms with Crippen LogP contribution in [0.2, 0.25) is 0 Å². The topological polar surface area (TPSA) is 508 Å². The molecule has 29 nitrogen and oxygen atoms in total. The number of H-pyrrole nitrogens is 1. The molecule has 29 heteroatoms. The fourth-order valence-corrected chi connectivity index (χ4v) is 6.46. The lowest BCUT2D eigenvalue weighted by atomic mass is 10.0. The number of guanidine groups is 1. The van der Waals surface area contributed by atoms with Crippen LogP contribution in [0.4, 0.5) is 0 Å². The van der Waals surface area contributed by atoms with Gasteiger partial charge in [0.2, 0.25) is 53.2 Å². The first-order valence-electron chi connectivity index (χ1n) is 21.6. The number of para-hydroxylation sites is 1. The molecule has 2 aromatic rings. The second kappa shape index (κ2) is 28.7. The Hall–Kier alpha value is -8.37. The number of aromatic nitrogens is 1. The van der Waals surface area contributed by atoms with Crippen LogP contribution in [-0.4, -0.2) is 153 Å². The Kier molecular flexibility index (Phi) is 23.7. The van der Waals surface area contributed by atoms with E-state index in [-0.39, 0.29) is 31.8 Å². The molecule has 1 aromatic carbocycles. The summed E-state index contributed by atoms with van der Waals surface area (Å²) < 4.78 is 0. The number of nitrogens with one attached hydrogen (secondary N) is 8. The number of carboxylic acids is 3. The third-order valence-electron chi connectivity index (χ3n) is 10.1. The zero-order valence-electron chi connectivity index (χ0n) is 38.0. The highest BCUT2D eigenvalue weighted by atomic mass is 16.4. The van der Waals surface area contributed by atoms with Gasteiger partial charge in [-0.3, -0.25) is 57.7 Å². The van der Waals surface area contributed by atoms with E-state index in [4.69, 9.17) is 28.7 Å². The van der Waals surface area contributed by atoms with Gasteiger partial charge in [-0.05, 0) is 57.1 Å². The molecule has 0 radical (unpaired) electrons. The molecule has 70 heavy (non-hydrogen) atoms. The third-order valence-corrected chi connectivity index (χ3v) is 10.1. The summed E-state index contributed by atoms with van der Waals surface area (Å²) in [6, 6.07) is -3.76. The molecule has 1 heterocycles. The second-order valence-corrected chi connectivity index (χ2v) is 15.8. The molecule has 0 bridgehead atoms. The van der Waals surface area contributed by atoms with Gasteiger partial charge < -0.3 is 86.2 Å². The minimum atomic E-state index is -2.00. The van der Waals surface area contributed by atoms with Crippen molar-refractivity contribution in [2.24, 2.45) is 33.7 Å². The Morgan fingerprint density at radius 2 is 1.13 bits per heavy atom. The fraction of sp³-hybridized carbons (Fsp3) is 0.488. The number of carbonyl (C=O) groups is 12. The number of nitrogens with zero attached hydrogens (tertiary/aromatic N) is 1. The van der Waals surface area contributed by atoms with Gasteiger partial charge in [-0.2, -0.15) is 0 Å². The molecular weight excluding hydrogens is 929 g/mol. The van der Waals surface area contributed by atoms with Gasteiger partial charge in [0, 0.05) is 42.9 Å². The van der Waals surface area contributed by atoms with Crippen LogP contribution < -0.4 is 65.9 Å². The monoisotopic (exact) mass is 988 g/mol. The number of fused-ring (bicyclic) bond motifs is 1. The van der Waals surface area contributed by atoms with Gasteiger partial charge in [-0.15, -0.1) is 0 Å². The van der Waals surface area contributed by atoms with Crippen LogP contribution in [0.5, 0.6) is 0 Å². The number of nitrogens with two attached hydrogens (primary N) is 5. The maximum atomic E-state index is 13.5. The molecule has 0 aliphatic rings. The van der Waals surface area contributed by atoms with Crippen molar-refractivity contribution in [2.75, 3.05) is 13.1 Å². The average molecular weight is 989 g/mol. The van der Waals surface area contributed by atoms with Crippen LogP contribution in [0.3, 0.4) is 0 Å². The summed E-state index contributed by atoms with van der Waals surface area (Å²) in [5.74, 6) is -14.1. The number of aliphatic imine (C=N–C) groups is 1. The standard InChI is InChI=1S/C41H60N14O15/c1-19(50-36(65)26(10-13-32(59)60)52-35(64)22(42)15-20-17-48-23-6-3-2-5-21(20)23)34(63)49-18-31(58)51-24(8-11-29(43)56)37(66)55-28(16-33(61)62)39(68)53-25(9-12-30(44)57)38(67)54-27(40(69)70)7-4-14-47-41(45)46/h2-3,5-6,17,19,22,24-28,48H,4,7-16,18,42H2,1H3,(H2,43,56)(H2,44,57)(H,49,63)(H,50,65)(H,51,58)(H,52,64)(H,53,68)(H,54,67)(H,55,66)(H,59,60)(H,61,62)(H,69,70)(H4,45,46,47)/t19-,22-,24-,25-,26-,27-,28-/m0/s1. The zero-order valence-corrected chi connectivity index (χ0v) is 38.0. The van der Waals surface area contributed by atoms with Crippen molar-refractivity contribution < 1.29 is 72.9 Å². The summed E-state index contributed by atoms with van der Waals surface area (Å²) in [6.45, 7) is 0.329. The van der Waals surface area contributed by atoms with Crippen molar-refractivity contribution in [3.63, 3.8) is 0 Å². The molecule has 0 spiro atoms. The van der Waals surface area contributed by atoms with Crippen molar-refractivity contribution in [1.29, 1.82) is 0 Å². The maximum absolute atomic E-state index is 13.5. The average Bonchev–Trinajstić information content (AvgIpc) is 3.68. The zero-order chi connectivity index (χ0) is 52.7. The lowest BCUT2D eigenvalue weighted by Crippen LogP contribution is -2.58. The summed E-state index contributed by atoms with van der Waals surface area (Å²) >= 11 is 0. The molecule has 0 saturated heterocycles. The number of aliphatic carboxylic acids is 3. The quantitative estimate of drug-likeness (QED) is 0.0184. The van der Waals surface area contributed by atoms with Gasteiger partial charge in [0.15, 0.2) is 5.96 Å². The van der Waals surface area contributed by atoms with Crippen LogP contribution in [0.25, 0.3) is 10.9 Å². The number of hydrogen-bond donors (Lipinski definition) is 16. The van der Waals surface area contributed by atoms with Gasteiger partial charge in [-0.25, -0.2) is 4.79 Å². The van der Waals surface area contributed by atoms with Gasteiger partial charge in [0.25, 0.3) is 0 Å². The Labute approximate surface area is 398 Å². The molecular formula is C41H60N14O15. The summed E-state index contributed by atoms with van der Waals surface area (Å²) in [7, 11) is 0. The number of primary amides is 2. The van der Waals surface area contributed by atoms with Crippen LogP contribution in [0.1, 0.15) is 70.3 Å². The van der Waals surface area contributed by atoms with Crippen molar-refractivity contribution in [1.82, 2.24) is 42.2 Å². The summed E-state index contributed by atoms with van der Waals surface area (Å²) in [6.07, 6.45) is -2.54. The van der Waals surface area contributed by atoms with E-state index in [9.17, 15) is 72.9 Å². The fourth-order valence-electron chi connectivity index (χ4n) is 6.46. The molecule has 0 saturated carbocycles. The number of aromatic amines is 1. The molecule has 9 amide bonds. The lowest BCUT2D eigenvalue weighted by Gasteiger charge is -2.25. The normalized spacial score (nSPS) is 13.8. The minimum Gasteiger partial charge on any atom is -0.481 e. The van der Waals surface area contributed by atoms with E-state index in [1.165, 1.54) is 6.92 Å². The molecule has 0 unspecified atom stereocenters. The van der Waals surface area contributed by atoms with Gasteiger partial charge in [0.1, 0.15) is 36.3 Å². The van der Waals surface area contributed by atoms with Crippen LogP contribution in [0.15, 0.2) is 35.5 Å². The molecule has 0 aliphatic carbocycles. The number of carbonyl (C=O) groups excluding carboxylic acids is 9. The maximum Gasteiger partial charge on any atom is 0.326 e. The van der Waals surface area contributed by atoms with E-state index < -0.39 is 165 Å². The number of benzene rings is 1. The van der Waals surface area contributed by atoms with Gasteiger partial charge in [-0.1, -0.05) is 18.2 Å². The predicted molar refractivity (Wildman–Crippen MR) is 244 cm³/mol. The SMILES string of the molecule is C[C@H](NC(=O)[C@H](CCC(=O)O)NC(=O)[C@@H](N)Cc1c[nH]c2ccccc12)C(=O)NCC(=O)N[C@@H](CCC(N)=O)C(=O)N[C@@H](CC(=O)O)C(=O)N[C@@H](CCC(N)=O)C(=O)N[C@@H](CCCN=C(N)N)C(=O)O. The Balaban J connectivity index is 2.13. The number of rotatable bonds is 32. The van der Waals surface area contributed by atoms with Crippen molar-refractivity contribution >= 4 is 87.9 Å². The largest absolute Gasteiger partial charge is 0.481 e. The first-order valence-corrected chi connectivity index (χ1v) is 21.6. The summed E-state index contributed by atoms with van der Waals surface area (Å²) in [5, 5.41) is 44.9. The van der Waals surface area contributed by atoms with Crippen LogP contribution in [-0.2, 0) is 64.0 Å². The Morgan fingerprint density at radius 1 is 0.614 bits per heavy atom. The Morgan fingerprint density at radius 3 is 1.69 bits per heavy atom. The lowest BCUT2D eigenvalue weighted by molar-refractivity contribution is -0.143. The third kappa shape index (κ3) is 21.1. The number of hydrogen-bond acceptors (Lipinski definition) is 14. The van der Waals surface area contributed by atoms with Gasteiger partial charge in [0.05, 0.1) is 19.0 Å². The van der Waals surface area contributed by atoms with Crippen molar-refractivity contribution in [3.05, 3.63) is 36.0 Å². The summed E-state index contributed by atoms with van der Waals surface area (Å²) in [5.41, 5.74) is 28.6. The molecule has 1 aromatic heterocycles. The van der Waals surface area contributed by atoms with E-state index >= 15 is 0 Å². The van der Waals surface area contributed by atoms with Crippen LogP contribution >= 0.6 is 0 Å². The van der Waals surface area contributed by atoms with E-state index in [0.29, 0.717) is 5.56 Å².